The fraction of sp³-hybridized carbons (Fsp3) is 0.531. The van der Waals surface area contributed by atoms with E-state index < -0.39 is 11.5 Å². The van der Waals surface area contributed by atoms with Crippen molar-refractivity contribution in [2.75, 3.05) is 0 Å². The number of amides is 2. The lowest BCUT2D eigenvalue weighted by Crippen LogP contribution is -2.51. The molecular formula is C32H41FN8O2. The molecule has 3 heterocycles. The summed E-state index contributed by atoms with van der Waals surface area (Å²) in [6, 6.07) is 8.49. The van der Waals surface area contributed by atoms with Crippen LogP contribution in [0.25, 0.3) is 0 Å². The standard InChI is InChI=1S/C32H41FN8O2/c1-20(2)21-10-14-32(15-11-21)36-28(24-16-25(33)18-34-17-24)30(43)41(32)26(12-13-31(3,4)5)22-6-8-23(9-7-22)29(42)35-19-27-37-39-40-38-27/h6-9,16-18,20-21,26H,10-15,19H2,1-5H3,(H,35,42)(H,37,38,39,40)/t21?,26-,32?/m1/s1. The number of nitrogens with zero attached hydrogens (tertiary/aromatic N) is 6. The molecule has 1 fully saturated rings. The molecule has 0 radical (unpaired) electrons. The summed E-state index contributed by atoms with van der Waals surface area (Å²) in [6.07, 6.45) is 7.66. The number of aliphatic imine (C=N–C) groups is 1. The molecule has 3 aromatic rings. The summed E-state index contributed by atoms with van der Waals surface area (Å²) >= 11 is 0. The van der Waals surface area contributed by atoms with Crippen LogP contribution in [0.1, 0.15) is 106 Å². The molecule has 43 heavy (non-hydrogen) atoms. The first kappa shape index (κ1) is 30.4. The molecule has 2 N–H and O–H groups in total. The van der Waals surface area contributed by atoms with Crippen molar-refractivity contribution < 1.29 is 14.0 Å². The summed E-state index contributed by atoms with van der Waals surface area (Å²) in [4.78, 5) is 38.3. The van der Waals surface area contributed by atoms with E-state index in [1.807, 2.05) is 17.0 Å². The number of hydrogen-bond donors (Lipinski definition) is 2. The summed E-state index contributed by atoms with van der Waals surface area (Å²) < 4.78 is 14.2. The first-order chi connectivity index (χ1) is 20.5. The smallest absolute Gasteiger partial charge is 0.275 e. The molecule has 0 unspecified atom stereocenters. The van der Waals surface area contributed by atoms with Gasteiger partial charge in [0.15, 0.2) is 5.82 Å². The van der Waals surface area contributed by atoms with Gasteiger partial charge >= 0.3 is 0 Å². The van der Waals surface area contributed by atoms with E-state index in [0.29, 0.717) is 28.8 Å². The van der Waals surface area contributed by atoms with Crippen molar-refractivity contribution in [3.8, 4) is 0 Å². The van der Waals surface area contributed by atoms with Gasteiger partial charge in [0.25, 0.3) is 11.8 Å². The lowest BCUT2D eigenvalue weighted by Gasteiger charge is -2.46. The van der Waals surface area contributed by atoms with Gasteiger partial charge in [-0.05, 0) is 79.5 Å². The Morgan fingerprint density at radius 1 is 1.16 bits per heavy atom. The minimum atomic E-state index is -0.715. The molecule has 228 valence electrons. The molecule has 5 rings (SSSR count). The number of nitrogens with one attached hydrogen (secondary N) is 2. The molecule has 0 bridgehead atoms. The zero-order valence-corrected chi connectivity index (χ0v) is 25.6. The third-order valence-corrected chi connectivity index (χ3v) is 8.78. The molecule has 1 saturated carbocycles. The van der Waals surface area contributed by atoms with Crippen LogP contribution < -0.4 is 5.32 Å². The topological polar surface area (TPSA) is 129 Å². The van der Waals surface area contributed by atoms with Gasteiger partial charge in [0.2, 0.25) is 0 Å². The maximum atomic E-state index is 14.4. The average molecular weight is 589 g/mol. The van der Waals surface area contributed by atoms with Crippen LogP contribution in [0, 0.1) is 23.1 Å². The van der Waals surface area contributed by atoms with Crippen molar-refractivity contribution in [1.82, 2.24) is 35.8 Å². The highest BCUT2D eigenvalue weighted by Gasteiger charge is 2.52. The third kappa shape index (κ3) is 6.81. The number of H-pyrrole nitrogens is 1. The zero-order chi connectivity index (χ0) is 30.8. The SMILES string of the molecule is CC(C)C1CCC2(CC1)N=C(c1cncc(F)c1)C(=O)N2[C@H](CCC(C)(C)C)c1ccc(C(=O)NCc2nn[nH]n2)cc1. The normalized spacial score (nSPS) is 21.4. The van der Waals surface area contributed by atoms with Gasteiger partial charge in [-0.15, -0.1) is 10.2 Å². The van der Waals surface area contributed by atoms with Crippen molar-refractivity contribution in [2.24, 2.45) is 22.2 Å². The Morgan fingerprint density at radius 3 is 2.49 bits per heavy atom. The number of tetrazole rings is 1. The highest BCUT2D eigenvalue weighted by atomic mass is 19.1. The molecule has 2 aromatic heterocycles. The summed E-state index contributed by atoms with van der Waals surface area (Å²) in [5.41, 5.74) is 1.42. The van der Waals surface area contributed by atoms with Gasteiger partial charge in [0, 0.05) is 17.3 Å². The maximum absolute atomic E-state index is 14.4. The van der Waals surface area contributed by atoms with E-state index in [2.05, 4.69) is 65.5 Å². The average Bonchev–Trinajstić information content (AvgIpc) is 3.59. The molecule has 1 aliphatic carbocycles. The van der Waals surface area contributed by atoms with E-state index in [4.69, 9.17) is 4.99 Å². The predicted octanol–water partition coefficient (Wildman–Crippen LogP) is 5.41. The van der Waals surface area contributed by atoms with Crippen LogP contribution in [0.4, 0.5) is 4.39 Å². The second kappa shape index (κ2) is 12.3. The van der Waals surface area contributed by atoms with Crippen molar-refractivity contribution in [3.63, 3.8) is 0 Å². The number of carbonyl (C=O) groups is 2. The first-order valence-electron chi connectivity index (χ1n) is 15.1. The highest BCUT2D eigenvalue weighted by molar-refractivity contribution is 6.46. The van der Waals surface area contributed by atoms with Gasteiger partial charge in [-0.3, -0.25) is 19.6 Å². The van der Waals surface area contributed by atoms with Crippen LogP contribution >= 0.6 is 0 Å². The number of aromatic amines is 1. The molecule has 1 spiro atoms. The van der Waals surface area contributed by atoms with E-state index in [1.54, 1.807) is 12.1 Å². The van der Waals surface area contributed by atoms with Gasteiger partial charge < -0.3 is 10.2 Å². The lowest BCUT2D eigenvalue weighted by molar-refractivity contribution is -0.133. The van der Waals surface area contributed by atoms with Gasteiger partial charge in [-0.1, -0.05) is 52.0 Å². The van der Waals surface area contributed by atoms with Gasteiger partial charge in [-0.25, -0.2) is 4.39 Å². The van der Waals surface area contributed by atoms with Gasteiger partial charge in [0.1, 0.15) is 17.2 Å². The Hall–Kier alpha value is -4.02. The van der Waals surface area contributed by atoms with E-state index in [9.17, 15) is 14.0 Å². The monoisotopic (exact) mass is 588 g/mol. The van der Waals surface area contributed by atoms with E-state index >= 15 is 0 Å². The number of pyridine rings is 1. The minimum absolute atomic E-state index is 0.0363. The van der Waals surface area contributed by atoms with Gasteiger partial charge in [0.05, 0.1) is 18.8 Å². The number of aromatic nitrogens is 5. The van der Waals surface area contributed by atoms with Crippen LogP contribution in [0.15, 0.2) is 47.7 Å². The summed E-state index contributed by atoms with van der Waals surface area (Å²) in [5.74, 6) is 0.553. The van der Waals surface area contributed by atoms with Crippen molar-refractivity contribution in [2.45, 2.75) is 91.4 Å². The Labute approximate surface area is 252 Å². The van der Waals surface area contributed by atoms with Crippen LogP contribution in [0.2, 0.25) is 0 Å². The minimum Gasteiger partial charge on any atom is -0.345 e. The molecule has 1 aliphatic heterocycles. The van der Waals surface area contributed by atoms with Crippen molar-refractivity contribution >= 4 is 17.5 Å². The predicted molar refractivity (Wildman–Crippen MR) is 160 cm³/mol. The second-order valence-corrected chi connectivity index (χ2v) is 13.3. The number of hydrogen-bond acceptors (Lipinski definition) is 7. The van der Waals surface area contributed by atoms with Crippen LogP contribution in [-0.2, 0) is 11.3 Å². The van der Waals surface area contributed by atoms with E-state index in [1.165, 1.54) is 12.3 Å². The molecule has 0 saturated heterocycles. The Morgan fingerprint density at radius 2 is 1.88 bits per heavy atom. The van der Waals surface area contributed by atoms with Crippen LogP contribution in [0.5, 0.6) is 0 Å². The molecular weight excluding hydrogens is 547 g/mol. The third-order valence-electron chi connectivity index (χ3n) is 8.78. The Kier molecular flexibility index (Phi) is 8.71. The first-order valence-corrected chi connectivity index (χ1v) is 15.1. The molecule has 2 aliphatic rings. The Bertz CT molecular complexity index is 1460. The summed E-state index contributed by atoms with van der Waals surface area (Å²) in [5, 5.41) is 16.4. The number of rotatable bonds is 9. The molecule has 1 atom stereocenters. The fourth-order valence-corrected chi connectivity index (χ4v) is 6.29. The number of carbonyl (C=O) groups excluding carboxylic acids is 2. The fourth-order valence-electron chi connectivity index (χ4n) is 6.29. The number of halogens is 1. The largest absolute Gasteiger partial charge is 0.345 e. The molecule has 11 heteroatoms. The van der Waals surface area contributed by atoms with Gasteiger partial charge in [-0.2, -0.15) is 5.21 Å². The maximum Gasteiger partial charge on any atom is 0.275 e. The zero-order valence-electron chi connectivity index (χ0n) is 25.6. The summed E-state index contributed by atoms with van der Waals surface area (Å²) in [6.45, 7) is 11.2. The Balaban J connectivity index is 1.48. The molecule has 10 nitrogen and oxygen atoms in total. The highest BCUT2D eigenvalue weighted by Crippen LogP contribution is 2.48. The van der Waals surface area contributed by atoms with Crippen LogP contribution in [-0.4, -0.2) is 53.7 Å². The lowest BCUT2D eigenvalue weighted by atomic mass is 9.75. The van der Waals surface area contributed by atoms with Crippen molar-refractivity contribution in [3.05, 3.63) is 71.1 Å². The second-order valence-electron chi connectivity index (χ2n) is 13.3. The molecule has 2 amide bonds. The van der Waals surface area contributed by atoms with Crippen molar-refractivity contribution in [1.29, 1.82) is 0 Å². The van der Waals surface area contributed by atoms with E-state index in [0.717, 1.165) is 50.3 Å². The van der Waals surface area contributed by atoms with E-state index in [-0.39, 0.29) is 35.5 Å². The quantitative estimate of drug-likeness (QED) is 0.344. The molecule has 1 aromatic carbocycles. The van der Waals surface area contributed by atoms with Crippen LogP contribution in [0.3, 0.4) is 0 Å². The summed E-state index contributed by atoms with van der Waals surface area (Å²) in [7, 11) is 0. The number of benzene rings is 1.